The summed E-state index contributed by atoms with van der Waals surface area (Å²) < 4.78 is 5.76. The summed E-state index contributed by atoms with van der Waals surface area (Å²) in [4.78, 5) is 26.6. The van der Waals surface area contributed by atoms with Crippen LogP contribution in [0.25, 0.3) is 11.0 Å². The number of hydrazone groups is 1. The van der Waals surface area contributed by atoms with Crippen LogP contribution in [-0.4, -0.2) is 29.9 Å². The van der Waals surface area contributed by atoms with E-state index in [-0.39, 0.29) is 11.6 Å². The van der Waals surface area contributed by atoms with Gasteiger partial charge in [0.15, 0.2) is 0 Å². The molecule has 0 bridgehead atoms. The Labute approximate surface area is 208 Å². The second kappa shape index (κ2) is 9.70. The molecule has 0 aliphatic carbocycles. The van der Waals surface area contributed by atoms with Crippen molar-refractivity contribution >= 4 is 34.0 Å². The van der Waals surface area contributed by atoms with Gasteiger partial charge in [-0.1, -0.05) is 30.3 Å². The van der Waals surface area contributed by atoms with Crippen LogP contribution in [0.2, 0.25) is 0 Å². The quantitative estimate of drug-likeness (QED) is 0.341. The zero-order valence-corrected chi connectivity index (χ0v) is 20.2. The van der Waals surface area contributed by atoms with Crippen LogP contribution in [0.3, 0.4) is 0 Å². The third kappa shape index (κ3) is 4.35. The first-order valence-electron chi connectivity index (χ1n) is 12.1. The van der Waals surface area contributed by atoms with E-state index in [0.717, 1.165) is 35.4 Å². The van der Waals surface area contributed by atoms with Crippen LogP contribution in [0.15, 0.2) is 93.2 Å². The predicted octanol–water partition coefficient (Wildman–Crippen LogP) is 5.69. The van der Waals surface area contributed by atoms with Crippen molar-refractivity contribution in [1.29, 1.82) is 0 Å². The maximum atomic E-state index is 13.1. The number of carboxylic acids is 1. The van der Waals surface area contributed by atoms with Gasteiger partial charge in [0.05, 0.1) is 28.6 Å². The Morgan fingerprint density at radius 3 is 2.42 bits per heavy atom. The van der Waals surface area contributed by atoms with Crippen molar-refractivity contribution in [3.63, 3.8) is 0 Å². The fourth-order valence-corrected chi connectivity index (χ4v) is 4.69. The number of carboxylic acid groups (broad SMARTS) is 1. The van der Waals surface area contributed by atoms with Crippen LogP contribution in [0.1, 0.15) is 47.8 Å². The molecule has 36 heavy (non-hydrogen) atoms. The van der Waals surface area contributed by atoms with E-state index < -0.39 is 11.6 Å². The van der Waals surface area contributed by atoms with Crippen molar-refractivity contribution in [3.05, 3.63) is 106 Å². The molecule has 0 saturated heterocycles. The van der Waals surface area contributed by atoms with E-state index in [1.807, 2.05) is 59.6 Å². The van der Waals surface area contributed by atoms with Crippen molar-refractivity contribution in [2.24, 2.45) is 5.10 Å². The molecule has 0 radical (unpaired) electrons. The Kier molecular flexibility index (Phi) is 6.29. The summed E-state index contributed by atoms with van der Waals surface area (Å²) in [6.45, 7) is 5.92. The number of fused-ring (bicyclic) bond motifs is 1. The normalized spacial score (nSPS) is 15.2. The zero-order valence-electron chi connectivity index (χ0n) is 20.2. The number of rotatable bonds is 7. The maximum Gasteiger partial charge on any atom is 0.345 e. The van der Waals surface area contributed by atoms with Crippen molar-refractivity contribution < 1.29 is 14.3 Å². The van der Waals surface area contributed by atoms with E-state index in [1.165, 1.54) is 0 Å². The Hall–Kier alpha value is -4.39. The van der Waals surface area contributed by atoms with Gasteiger partial charge in [-0.05, 0) is 61.9 Å². The van der Waals surface area contributed by atoms with E-state index in [1.54, 1.807) is 24.3 Å². The van der Waals surface area contributed by atoms with Gasteiger partial charge in [0, 0.05) is 36.7 Å². The van der Waals surface area contributed by atoms with E-state index in [2.05, 4.69) is 18.7 Å². The summed E-state index contributed by atoms with van der Waals surface area (Å²) in [7, 11) is 0. The van der Waals surface area contributed by atoms with E-state index >= 15 is 0 Å². The van der Waals surface area contributed by atoms with Crippen molar-refractivity contribution in [2.45, 2.75) is 26.3 Å². The van der Waals surface area contributed by atoms with Crippen LogP contribution >= 0.6 is 0 Å². The summed E-state index contributed by atoms with van der Waals surface area (Å²) in [6, 6.07) is 24.2. The Morgan fingerprint density at radius 2 is 1.75 bits per heavy atom. The SMILES string of the molecule is CCN(CC)c1ccc2cc(C3=NN(c4ccc(C(=O)O)cc4)C(c4ccccc4)C3)c(=O)oc2c1. The fourth-order valence-electron chi connectivity index (χ4n) is 4.69. The summed E-state index contributed by atoms with van der Waals surface area (Å²) in [6.07, 6.45) is 0.512. The number of nitrogens with zero attached hydrogens (tertiary/aromatic N) is 3. The largest absolute Gasteiger partial charge is 0.478 e. The molecule has 0 spiro atoms. The second-order valence-electron chi connectivity index (χ2n) is 8.72. The highest BCUT2D eigenvalue weighted by Gasteiger charge is 2.31. The number of benzene rings is 3. The van der Waals surface area contributed by atoms with Crippen LogP contribution < -0.4 is 15.5 Å². The highest BCUT2D eigenvalue weighted by Crippen LogP contribution is 2.36. The smallest absolute Gasteiger partial charge is 0.345 e. The molecule has 7 nitrogen and oxygen atoms in total. The average molecular weight is 482 g/mol. The van der Waals surface area contributed by atoms with Crippen LogP contribution in [-0.2, 0) is 0 Å². The van der Waals surface area contributed by atoms with Gasteiger partial charge in [-0.15, -0.1) is 0 Å². The van der Waals surface area contributed by atoms with Crippen molar-refractivity contribution in [3.8, 4) is 0 Å². The van der Waals surface area contributed by atoms with Gasteiger partial charge >= 0.3 is 11.6 Å². The monoisotopic (exact) mass is 481 g/mol. The number of hydrogen-bond acceptors (Lipinski definition) is 6. The van der Waals surface area contributed by atoms with Gasteiger partial charge < -0.3 is 14.4 Å². The molecular weight excluding hydrogens is 454 g/mol. The molecule has 1 atom stereocenters. The highest BCUT2D eigenvalue weighted by atomic mass is 16.4. The second-order valence-corrected chi connectivity index (χ2v) is 8.72. The minimum absolute atomic E-state index is 0.142. The van der Waals surface area contributed by atoms with E-state index in [4.69, 9.17) is 9.52 Å². The van der Waals surface area contributed by atoms with Gasteiger partial charge in [-0.2, -0.15) is 5.10 Å². The Balaban J connectivity index is 1.56. The van der Waals surface area contributed by atoms with Gasteiger partial charge in [0.1, 0.15) is 5.58 Å². The van der Waals surface area contributed by atoms with E-state index in [0.29, 0.717) is 23.3 Å². The molecule has 0 amide bonds. The lowest BCUT2D eigenvalue weighted by molar-refractivity contribution is 0.0697. The molecule has 1 aliphatic rings. The standard InChI is InChI=1S/C29H27N3O4/c1-3-31(4-2)23-15-12-21-16-24(29(35)36-27(21)17-23)25-18-26(19-8-6-5-7-9-19)32(30-25)22-13-10-20(11-14-22)28(33)34/h5-17,26H,3-4,18H2,1-2H3,(H,33,34). The minimum atomic E-state index is -0.982. The average Bonchev–Trinajstić information content (AvgIpc) is 3.35. The predicted molar refractivity (Wildman–Crippen MR) is 142 cm³/mol. The molecule has 4 aromatic rings. The molecule has 7 heteroatoms. The lowest BCUT2D eigenvalue weighted by Crippen LogP contribution is -2.21. The molecule has 0 fully saturated rings. The molecule has 2 heterocycles. The fraction of sp³-hybridized carbons (Fsp3) is 0.207. The number of anilines is 2. The molecule has 1 unspecified atom stereocenters. The summed E-state index contributed by atoms with van der Waals surface area (Å²) in [5.41, 5.74) is 4.21. The maximum absolute atomic E-state index is 13.1. The summed E-state index contributed by atoms with van der Waals surface area (Å²) in [5.74, 6) is -0.982. The molecule has 5 rings (SSSR count). The topological polar surface area (TPSA) is 86.4 Å². The number of carbonyl (C=O) groups is 1. The number of hydrogen-bond donors (Lipinski definition) is 1. The lowest BCUT2D eigenvalue weighted by atomic mass is 9.98. The third-order valence-corrected chi connectivity index (χ3v) is 6.63. The molecule has 3 aromatic carbocycles. The summed E-state index contributed by atoms with van der Waals surface area (Å²) >= 11 is 0. The lowest BCUT2D eigenvalue weighted by Gasteiger charge is -2.24. The molecule has 0 saturated carbocycles. The minimum Gasteiger partial charge on any atom is -0.478 e. The molecule has 1 aliphatic heterocycles. The molecular formula is C29H27N3O4. The van der Waals surface area contributed by atoms with Crippen LogP contribution in [0.5, 0.6) is 0 Å². The van der Waals surface area contributed by atoms with Crippen LogP contribution in [0.4, 0.5) is 11.4 Å². The number of aromatic carboxylic acids is 1. The highest BCUT2D eigenvalue weighted by molar-refractivity contribution is 6.04. The Bertz CT molecular complexity index is 1490. The van der Waals surface area contributed by atoms with Crippen LogP contribution in [0, 0.1) is 0 Å². The first-order valence-corrected chi connectivity index (χ1v) is 12.1. The summed E-state index contributed by atoms with van der Waals surface area (Å²) in [5, 5.41) is 16.8. The molecule has 1 aromatic heterocycles. The van der Waals surface area contributed by atoms with Gasteiger partial charge in [-0.25, -0.2) is 9.59 Å². The van der Waals surface area contributed by atoms with Gasteiger partial charge in [0.2, 0.25) is 0 Å². The van der Waals surface area contributed by atoms with Crippen molar-refractivity contribution in [1.82, 2.24) is 0 Å². The Morgan fingerprint density at radius 1 is 1.03 bits per heavy atom. The van der Waals surface area contributed by atoms with E-state index in [9.17, 15) is 14.7 Å². The molecule has 182 valence electrons. The van der Waals surface area contributed by atoms with Crippen molar-refractivity contribution in [2.75, 3.05) is 23.0 Å². The van der Waals surface area contributed by atoms with Gasteiger partial charge in [0.25, 0.3) is 0 Å². The third-order valence-electron chi connectivity index (χ3n) is 6.63. The zero-order chi connectivity index (χ0) is 25.2. The first kappa shape index (κ1) is 23.4. The molecule has 1 N–H and O–H groups in total. The first-order chi connectivity index (χ1) is 17.5. The van der Waals surface area contributed by atoms with Gasteiger partial charge in [-0.3, -0.25) is 5.01 Å².